The second kappa shape index (κ2) is 5.93. The van der Waals surface area contributed by atoms with Gasteiger partial charge in [-0.2, -0.15) is 5.26 Å². The van der Waals surface area contributed by atoms with Gasteiger partial charge in [-0.15, -0.1) is 0 Å². The Hall–Kier alpha value is -1.76. The Morgan fingerprint density at radius 1 is 1.14 bits per heavy atom. The highest BCUT2D eigenvalue weighted by Gasteiger charge is 2.16. The Bertz CT molecular complexity index is 715. The van der Waals surface area contributed by atoms with Gasteiger partial charge in [0.25, 0.3) is 0 Å². The molecule has 0 unspecified atom stereocenters. The molecule has 3 nitrogen and oxygen atoms in total. The molecular weight excluding hydrogens is 305 g/mol. The molecule has 1 N–H and O–H groups in total. The number of anilines is 2. The van der Waals surface area contributed by atoms with E-state index < -0.39 is 0 Å². The highest BCUT2D eigenvalue weighted by atomic mass is 35.5. The van der Waals surface area contributed by atoms with E-state index in [0.717, 1.165) is 31.4 Å². The number of aromatic nitrogens is 1. The zero-order valence-corrected chi connectivity index (χ0v) is 12.8. The molecule has 0 atom stereocenters. The van der Waals surface area contributed by atoms with Crippen LogP contribution in [0.1, 0.15) is 29.7 Å². The molecule has 2 aromatic rings. The number of nitrogens with zero attached hydrogens (tertiary/aromatic N) is 2. The number of para-hydroxylation sites is 1. The molecule has 0 saturated carbocycles. The van der Waals surface area contributed by atoms with Gasteiger partial charge in [0.05, 0.1) is 21.3 Å². The Morgan fingerprint density at radius 2 is 1.86 bits per heavy atom. The maximum absolute atomic E-state index is 9.34. The number of fused-ring (bicyclic) bond motifs is 1. The Balaban J connectivity index is 2.04. The molecular formula is C16H13Cl2N3. The van der Waals surface area contributed by atoms with Crippen molar-refractivity contribution in [3.8, 4) is 6.07 Å². The molecule has 1 aliphatic rings. The van der Waals surface area contributed by atoms with Gasteiger partial charge in [-0.3, -0.25) is 0 Å². The highest BCUT2D eigenvalue weighted by molar-refractivity contribution is 6.39. The van der Waals surface area contributed by atoms with E-state index in [2.05, 4.69) is 16.4 Å². The van der Waals surface area contributed by atoms with Gasteiger partial charge in [-0.05, 0) is 49.4 Å². The van der Waals surface area contributed by atoms with Crippen LogP contribution >= 0.6 is 23.2 Å². The summed E-state index contributed by atoms with van der Waals surface area (Å²) < 4.78 is 0. The average Bonchev–Trinajstić information content (AvgIpc) is 2.50. The van der Waals surface area contributed by atoms with Crippen LogP contribution in [0, 0.1) is 11.3 Å². The average molecular weight is 318 g/mol. The summed E-state index contributed by atoms with van der Waals surface area (Å²) in [5, 5.41) is 13.5. The van der Waals surface area contributed by atoms with Crippen LogP contribution in [0.2, 0.25) is 10.0 Å². The Morgan fingerprint density at radius 3 is 2.57 bits per heavy atom. The van der Waals surface area contributed by atoms with Crippen molar-refractivity contribution in [3.05, 3.63) is 51.1 Å². The fraction of sp³-hybridized carbons (Fsp3) is 0.250. The lowest BCUT2D eigenvalue weighted by molar-refractivity contribution is 0.668. The van der Waals surface area contributed by atoms with E-state index in [4.69, 9.17) is 23.2 Å². The summed E-state index contributed by atoms with van der Waals surface area (Å²) in [7, 11) is 0. The van der Waals surface area contributed by atoms with Crippen LogP contribution in [0.15, 0.2) is 24.3 Å². The van der Waals surface area contributed by atoms with E-state index in [0.29, 0.717) is 27.1 Å². The summed E-state index contributed by atoms with van der Waals surface area (Å²) in [6.45, 7) is 0. The molecule has 1 aromatic carbocycles. The minimum Gasteiger partial charge on any atom is -0.337 e. The third-order valence-corrected chi connectivity index (χ3v) is 4.26. The van der Waals surface area contributed by atoms with Crippen LogP contribution < -0.4 is 5.32 Å². The van der Waals surface area contributed by atoms with Crippen molar-refractivity contribution in [1.29, 1.82) is 5.26 Å². The summed E-state index contributed by atoms with van der Waals surface area (Å²) in [4.78, 5) is 4.61. The maximum Gasteiger partial charge on any atom is 0.148 e. The number of nitrogens with one attached hydrogen (secondary N) is 1. The largest absolute Gasteiger partial charge is 0.337 e. The van der Waals surface area contributed by atoms with E-state index in [1.165, 1.54) is 5.56 Å². The van der Waals surface area contributed by atoms with Crippen molar-refractivity contribution in [2.75, 3.05) is 5.32 Å². The maximum atomic E-state index is 9.34. The molecule has 0 fully saturated rings. The van der Waals surface area contributed by atoms with Crippen molar-refractivity contribution in [1.82, 2.24) is 4.98 Å². The molecule has 106 valence electrons. The Kier molecular flexibility index (Phi) is 4.01. The number of benzene rings is 1. The van der Waals surface area contributed by atoms with Gasteiger partial charge in [0, 0.05) is 5.69 Å². The first kappa shape index (κ1) is 14.2. The van der Waals surface area contributed by atoms with Crippen molar-refractivity contribution in [3.63, 3.8) is 0 Å². The van der Waals surface area contributed by atoms with Gasteiger partial charge < -0.3 is 5.32 Å². The SMILES string of the molecule is N#Cc1cc2c(nc1Nc1c(Cl)cccc1Cl)CCCC2. The fourth-order valence-electron chi connectivity index (χ4n) is 2.55. The van der Waals surface area contributed by atoms with E-state index in [-0.39, 0.29) is 0 Å². The zero-order chi connectivity index (χ0) is 14.8. The summed E-state index contributed by atoms with van der Waals surface area (Å²) in [6, 6.07) is 9.40. The van der Waals surface area contributed by atoms with Gasteiger partial charge in [0.1, 0.15) is 11.9 Å². The number of rotatable bonds is 2. The first-order valence-corrected chi connectivity index (χ1v) is 7.58. The molecule has 0 aliphatic heterocycles. The Labute approximate surface area is 133 Å². The highest BCUT2D eigenvalue weighted by Crippen LogP contribution is 2.34. The fourth-order valence-corrected chi connectivity index (χ4v) is 3.04. The molecule has 21 heavy (non-hydrogen) atoms. The van der Waals surface area contributed by atoms with Crippen LogP contribution in [0.25, 0.3) is 0 Å². The summed E-state index contributed by atoms with van der Waals surface area (Å²) in [5.74, 6) is 0.521. The first-order chi connectivity index (χ1) is 10.2. The molecule has 0 radical (unpaired) electrons. The number of aryl methyl sites for hydroxylation is 2. The molecule has 0 amide bonds. The van der Waals surface area contributed by atoms with E-state index >= 15 is 0 Å². The van der Waals surface area contributed by atoms with Gasteiger partial charge in [0.15, 0.2) is 0 Å². The van der Waals surface area contributed by atoms with Crippen LogP contribution in [-0.4, -0.2) is 4.98 Å². The normalized spacial score (nSPS) is 13.4. The number of hydrogen-bond acceptors (Lipinski definition) is 3. The predicted octanol–water partition coefficient (Wildman–Crippen LogP) is 4.88. The van der Waals surface area contributed by atoms with Crippen LogP contribution in [0.4, 0.5) is 11.5 Å². The van der Waals surface area contributed by atoms with E-state index in [1.54, 1.807) is 18.2 Å². The van der Waals surface area contributed by atoms with Crippen molar-refractivity contribution < 1.29 is 0 Å². The summed E-state index contributed by atoms with van der Waals surface area (Å²) >= 11 is 12.3. The topological polar surface area (TPSA) is 48.7 Å². The molecule has 0 saturated heterocycles. The number of halogens is 2. The quantitative estimate of drug-likeness (QED) is 0.858. The number of nitriles is 1. The van der Waals surface area contributed by atoms with Crippen LogP contribution in [0.3, 0.4) is 0 Å². The van der Waals surface area contributed by atoms with Gasteiger partial charge in [0.2, 0.25) is 0 Å². The number of hydrogen-bond donors (Lipinski definition) is 1. The van der Waals surface area contributed by atoms with Crippen molar-refractivity contribution in [2.45, 2.75) is 25.7 Å². The second-order valence-electron chi connectivity index (χ2n) is 5.03. The van der Waals surface area contributed by atoms with Gasteiger partial charge in [-0.1, -0.05) is 29.3 Å². The van der Waals surface area contributed by atoms with Crippen LogP contribution in [-0.2, 0) is 12.8 Å². The first-order valence-electron chi connectivity index (χ1n) is 6.83. The van der Waals surface area contributed by atoms with Crippen LogP contribution in [0.5, 0.6) is 0 Å². The molecule has 0 spiro atoms. The third kappa shape index (κ3) is 2.83. The molecule has 1 heterocycles. The third-order valence-electron chi connectivity index (χ3n) is 3.63. The minimum absolute atomic E-state index is 0.505. The lowest BCUT2D eigenvalue weighted by atomic mass is 9.95. The molecule has 1 aromatic heterocycles. The van der Waals surface area contributed by atoms with E-state index in [9.17, 15) is 5.26 Å². The van der Waals surface area contributed by atoms with Gasteiger partial charge >= 0.3 is 0 Å². The molecule has 1 aliphatic carbocycles. The standard InChI is InChI=1S/C16H13Cl2N3/c17-12-5-3-6-13(18)15(12)21-16-11(9-19)8-10-4-1-2-7-14(10)20-16/h3,5-6,8H,1-2,4,7H2,(H,20,21). The smallest absolute Gasteiger partial charge is 0.148 e. The lowest BCUT2D eigenvalue weighted by Gasteiger charge is -2.18. The summed E-state index contributed by atoms with van der Waals surface area (Å²) in [6.07, 6.45) is 4.23. The monoisotopic (exact) mass is 317 g/mol. The van der Waals surface area contributed by atoms with Gasteiger partial charge in [-0.25, -0.2) is 4.98 Å². The van der Waals surface area contributed by atoms with Crippen molar-refractivity contribution in [2.24, 2.45) is 0 Å². The minimum atomic E-state index is 0.505. The predicted molar refractivity (Wildman–Crippen MR) is 85.3 cm³/mol. The molecule has 5 heteroatoms. The molecule has 0 bridgehead atoms. The zero-order valence-electron chi connectivity index (χ0n) is 11.3. The van der Waals surface area contributed by atoms with Crippen molar-refractivity contribution >= 4 is 34.7 Å². The lowest BCUT2D eigenvalue weighted by Crippen LogP contribution is -2.09. The molecule has 3 rings (SSSR count). The van der Waals surface area contributed by atoms with E-state index in [1.807, 2.05) is 6.07 Å². The second-order valence-corrected chi connectivity index (χ2v) is 5.85. The summed E-state index contributed by atoms with van der Waals surface area (Å²) in [5.41, 5.74) is 3.34. The number of pyridine rings is 1.